The van der Waals surface area contributed by atoms with Crippen molar-refractivity contribution in [2.24, 2.45) is 0 Å². The molecule has 0 aliphatic heterocycles. The first kappa shape index (κ1) is 16.2. The maximum atomic E-state index is 6.13. The third-order valence-electron chi connectivity index (χ3n) is 4.48. The van der Waals surface area contributed by atoms with Crippen LogP contribution in [0.5, 0.6) is 17.2 Å². The van der Waals surface area contributed by atoms with E-state index in [0.717, 1.165) is 46.8 Å². The van der Waals surface area contributed by atoms with Crippen LogP contribution < -0.4 is 19.9 Å². The number of rotatable bonds is 4. The van der Waals surface area contributed by atoms with Gasteiger partial charge in [0.05, 0.1) is 27.0 Å². The van der Waals surface area contributed by atoms with Gasteiger partial charge in [-0.25, -0.2) is 0 Å². The van der Waals surface area contributed by atoms with Crippen molar-refractivity contribution < 1.29 is 14.2 Å². The lowest BCUT2D eigenvalue weighted by atomic mass is 9.86. The minimum atomic E-state index is 0.654. The van der Waals surface area contributed by atoms with Crippen LogP contribution in [0.15, 0.2) is 30.3 Å². The number of nitrogen functional groups attached to an aromatic ring is 1. The number of fused-ring (bicyclic) bond motifs is 1. The zero-order valence-corrected chi connectivity index (χ0v) is 14.6. The summed E-state index contributed by atoms with van der Waals surface area (Å²) < 4.78 is 16.3. The highest BCUT2D eigenvalue weighted by molar-refractivity contribution is 5.86. The van der Waals surface area contributed by atoms with Crippen molar-refractivity contribution in [1.29, 1.82) is 0 Å². The first-order chi connectivity index (χ1) is 11.6. The Hall–Kier alpha value is -2.62. The van der Waals surface area contributed by atoms with Crippen LogP contribution in [0, 0.1) is 6.92 Å². The molecule has 24 heavy (non-hydrogen) atoms. The highest BCUT2D eigenvalue weighted by Crippen LogP contribution is 2.40. The number of aryl methyl sites for hydroxylation is 2. The minimum Gasteiger partial charge on any atom is -0.495 e. The number of ether oxygens (including phenoxy) is 3. The standard InChI is InChI=1S/C20H23NO3/c1-12-8-14(10-19(23-3)20(12)24-4)15-7-5-6-13-9-18(22-2)17(21)11-16(13)15/h7-11H,5-6,21H2,1-4H3. The number of benzene rings is 2. The Kier molecular flexibility index (Phi) is 4.38. The average molecular weight is 325 g/mol. The molecule has 4 heteroatoms. The Morgan fingerprint density at radius 1 is 0.917 bits per heavy atom. The molecule has 3 rings (SSSR count). The van der Waals surface area contributed by atoms with Crippen LogP contribution in [0.3, 0.4) is 0 Å². The molecule has 0 bridgehead atoms. The van der Waals surface area contributed by atoms with E-state index >= 15 is 0 Å². The van der Waals surface area contributed by atoms with Gasteiger partial charge in [-0.05, 0) is 71.9 Å². The molecule has 126 valence electrons. The molecule has 0 amide bonds. The molecule has 0 fully saturated rings. The molecule has 0 saturated carbocycles. The Morgan fingerprint density at radius 3 is 2.33 bits per heavy atom. The van der Waals surface area contributed by atoms with E-state index in [1.54, 1.807) is 21.3 Å². The predicted octanol–water partition coefficient (Wildman–Crippen LogP) is 3.98. The van der Waals surface area contributed by atoms with Gasteiger partial charge in [-0.1, -0.05) is 6.08 Å². The summed E-state index contributed by atoms with van der Waals surface area (Å²) in [5.74, 6) is 2.24. The predicted molar refractivity (Wildman–Crippen MR) is 97.1 cm³/mol. The van der Waals surface area contributed by atoms with Gasteiger partial charge in [0.25, 0.3) is 0 Å². The molecule has 0 heterocycles. The van der Waals surface area contributed by atoms with E-state index in [4.69, 9.17) is 19.9 Å². The molecule has 2 aromatic rings. The van der Waals surface area contributed by atoms with Crippen molar-refractivity contribution in [2.45, 2.75) is 19.8 Å². The normalized spacial score (nSPS) is 13.1. The second-order valence-corrected chi connectivity index (χ2v) is 5.94. The zero-order chi connectivity index (χ0) is 17.3. The number of anilines is 1. The molecular formula is C20H23NO3. The summed E-state index contributed by atoms with van der Waals surface area (Å²) in [5, 5.41) is 0. The molecule has 0 saturated heterocycles. The molecular weight excluding hydrogens is 302 g/mol. The number of methoxy groups -OCH3 is 3. The summed E-state index contributed by atoms with van der Waals surface area (Å²) in [4.78, 5) is 0. The summed E-state index contributed by atoms with van der Waals surface area (Å²) >= 11 is 0. The third-order valence-corrected chi connectivity index (χ3v) is 4.48. The summed E-state index contributed by atoms with van der Waals surface area (Å²) in [7, 11) is 4.97. The van der Waals surface area contributed by atoms with Crippen molar-refractivity contribution >= 4 is 11.3 Å². The van der Waals surface area contributed by atoms with Gasteiger partial charge in [0.2, 0.25) is 0 Å². The second kappa shape index (κ2) is 6.48. The maximum absolute atomic E-state index is 6.13. The van der Waals surface area contributed by atoms with Crippen LogP contribution in [0.2, 0.25) is 0 Å². The van der Waals surface area contributed by atoms with Gasteiger partial charge in [-0.15, -0.1) is 0 Å². The number of nitrogens with two attached hydrogens (primary N) is 1. The topological polar surface area (TPSA) is 53.7 Å². The van der Waals surface area contributed by atoms with Crippen LogP contribution in [0.4, 0.5) is 5.69 Å². The number of hydrogen-bond acceptors (Lipinski definition) is 4. The summed E-state index contributed by atoms with van der Waals surface area (Å²) in [6.07, 6.45) is 4.24. The molecule has 0 radical (unpaired) electrons. The SMILES string of the molecule is COc1cc2c(cc1N)C(c1cc(C)c(OC)c(OC)c1)=CCC2. The summed E-state index contributed by atoms with van der Waals surface area (Å²) in [6, 6.07) is 8.20. The highest BCUT2D eigenvalue weighted by Gasteiger charge is 2.19. The fraction of sp³-hybridized carbons (Fsp3) is 0.300. The van der Waals surface area contributed by atoms with Crippen LogP contribution >= 0.6 is 0 Å². The van der Waals surface area contributed by atoms with Gasteiger partial charge in [0.1, 0.15) is 5.75 Å². The molecule has 1 aliphatic carbocycles. The number of allylic oxidation sites excluding steroid dienone is 1. The molecule has 0 unspecified atom stereocenters. The van der Waals surface area contributed by atoms with Gasteiger partial charge >= 0.3 is 0 Å². The van der Waals surface area contributed by atoms with Gasteiger partial charge in [-0.2, -0.15) is 0 Å². The lowest BCUT2D eigenvalue weighted by Gasteiger charge is -2.21. The monoisotopic (exact) mass is 325 g/mol. The first-order valence-electron chi connectivity index (χ1n) is 7.99. The average Bonchev–Trinajstić information content (AvgIpc) is 2.59. The van der Waals surface area contributed by atoms with Crippen LogP contribution in [-0.4, -0.2) is 21.3 Å². The van der Waals surface area contributed by atoms with Crippen molar-refractivity contribution in [2.75, 3.05) is 27.1 Å². The molecule has 0 spiro atoms. The smallest absolute Gasteiger partial charge is 0.163 e. The summed E-state index contributed by atoms with van der Waals surface area (Å²) in [6.45, 7) is 2.03. The second-order valence-electron chi connectivity index (χ2n) is 5.94. The minimum absolute atomic E-state index is 0.654. The molecule has 2 N–H and O–H groups in total. The molecule has 0 aromatic heterocycles. The van der Waals surface area contributed by atoms with E-state index in [1.807, 2.05) is 25.1 Å². The fourth-order valence-electron chi connectivity index (χ4n) is 3.34. The lowest BCUT2D eigenvalue weighted by molar-refractivity contribution is 0.353. The van der Waals surface area contributed by atoms with Gasteiger partial charge in [0.15, 0.2) is 11.5 Å². The Bertz CT molecular complexity index is 809. The molecule has 0 atom stereocenters. The van der Waals surface area contributed by atoms with Crippen molar-refractivity contribution in [3.05, 3.63) is 52.6 Å². The third kappa shape index (κ3) is 2.68. The van der Waals surface area contributed by atoms with E-state index in [2.05, 4.69) is 12.1 Å². The Labute approximate surface area is 142 Å². The zero-order valence-electron chi connectivity index (χ0n) is 14.6. The number of hydrogen-bond donors (Lipinski definition) is 1. The van der Waals surface area contributed by atoms with E-state index < -0.39 is 0 Å². The van der Waals surface area contributed by atoms with Crippen LogP contribution in [-0.2, 0) is 6.42 Å². The Balaban J connectivity index is 2.14. The van der Waals surface area contributed by atoms with E-state index in [1.165, 1.54) is 11.1 Å². The lowest BCUT2D eigenvalue weighted by Crippen LogP contribution is -2.05. The van der Waals surface area contributed by atoms with Crippen molar-refractivity contribution in [3.63, 3.8) is 0 Å². The maximum Gasteiger partial charge on any atom is 0.163 e. The highest BCUT2D eigenvalue weighted by atomic mass is 16.5. The van der Waals surface area contributed by atoms with E-state index in [-0.39, 0.29) is 0 Å². The van der Waals surface area contributed by atoms with Crippen molar-refractivity contribution in [1.82, 2.24) is 0 Å². The molecule has 2 aromatic carbocycles. The first-order valence-corrected chi connectivity index (χ1v) is 7.99. The quantitative estimate of drug-likeness (QED) is 0.864. The van der Waals surface area contributed by atoms with Crippen LogP contribution in [0.1, 0.15) is 28.7 Å². The largest absolute Gasteiger partial charge is 0.495 e. The Morgan fingerprint density at radius 2 is 1.67 bits per heavy atom. The van der Waals surface area contributed by atoms with Crippen molar-refractivity contribution in [3.8, 4) is 17.2 Å². The van der Waals surface area contributed by atoms with Gasteiger partial charge < -0.3 is 19.9 Å². The molecule has 4 nitrogen and oxygen atoms in total. The van der Waals surface area contributed by atoms with Gasteiger partial charge in [0, 0.05) is 0 Å². The molecule has 1 aliphatic rings. The fourth-order valence-corrected chi connectivity index (χ4v) is 3.34. The van der Waals surface area contributed by atoms with Crippen LogP contribution in [0.25, 0.3) is 5.57 Å². The summed E-state index contributed by atoms with van der Waals surface area (Å²) in [5.41, 5.74) is 12.5. The van der Waals surface area contributed by atoms with E-state index in [9.17, 15) is 0 Å². The van der Waals surface area contributed by atoms with E-state index in [0.29, 0.717) is 5.69 Å². The van der Waals surface area contributed by atoms with Gasteiger partial charge in [-0.3, -0.25) is 0 Å².